The molecule has 3 saturated carbocycles. The lowest BCUT2D eigenvalue weighted by atomic mass is 9.68. The lowest BCUT2D eigenvalue weighted by molar-refractivity contribution is 0.0334. The number of hydrogen-bond donors (Lipinski definition) is 1. The number of aliphatic hydroxyl groups excluding tert-OH is 1. The molecule has 0 bridgehead atoms. The molecule has 1 heteroatoms. The standard InChI is InChI=1S/C30H56O/c1-6-22(4)29-12-8-10-25(19-29)20-30(31)27-15-13-26(14-16-27)23(5)17-24-9-7-11-28(18-24)21(2)3/h21-31H,6-20H2,1-5H3/t22-,23?,24?,25?,26?,27?,28?,29?,30+/m1/s1. The van der Waals surface area contributed by atoms with Gasteiger partial charge >= 0.3 is 0 Å². The first-order chi connectivity index (χ1) is 14.9. The van der Waals surface area contributed by atoms with E-state index in [0.29, 0.717) is 5.92 Å². The molecule has 0 aromatic carbocycles. The minimum absolute atomic E-state index is 0.0258. The van der Waals surface area contributed by atoms with Gasteiger partial charge in [0.25, 0.3) is 0 Å². The van der Waals surface area contributed by atoms with Gasteiger partial charge in [-0.3, -0.25) is 0 Å². The van der Waals surface area contributed by atoms with Crippen molar-refractivity contribution in [1.29, 1.82) is 0 Å². The van der Waals surface area contributed by atoms with Crippen molar-refractivity contribution < 1.29 is 5.11 Å². The van der Waals surface area contributed by atoms with Crippen LogP contribution >= 0.6 is 0 Å². The fourth-order valence-corrected chi connectivity index (χ4v) is 7.90. The summed E-state index contributed by atoms with van der Waals surface area (Å²) in [6.45, 7) is 12.2. The Morgan fingerprint density at radius 2 is 1.16 bits per heavy atom. The van der Waals surface area contributed by atoms with Crippen LogP contribution < -0.4 is 0 Å². The zero-order chi connectivity index (χ0) is 22.4. The summed E-state index contributed by atoms with van der Waals surface area (Å²) < 4.78 is 0. The minimum atomic E-state index is -0.0258. The van der Waals surface area contributed by atoms with Gasteiger partial charge in [-0.05, 0) is 105 Å². The second kappa shape index (κ2) is 12.4. The van der Waals surface area contributed by atoms with Crippen molar-refractivity contribution in [2.24, 2.45) is 53.3 Å². The van der Waals surface area contributed by atoms with E-state index < -0.39 is 0 Å². The minimum Gasteiger partial charge on any atom is -0.393 e. The van der Waals surface area contributed by atoms with Gasteiger partial charge in [0.15, 0.2) is 0 Å². The average molecular weight is 433 g/mol. The molecule has 0 aliphatic heterocycles. The first-order valence-corrected chi connectivity index (χ1v) is 14.5. The van der Waals surface area contributed by atoms with Gasteiger partial charge < -0.3 is 5.11 Å². The molecule has 3 aliphatic rings. The van der Waals surface area contributed by atoms with E-state index in [0.717, 1.165) is 53.8 Å². The van der Waals surface area contributed by atoms with Gasteiger partial charge in [-0.15, -0.1) is 0 Å². The number of rotatable bonds is 9. The third-order valence-corrected chi connectivity index (χ3v) is 10.5. The normalized spacial score (nSPS) is 38.0. The number of aliphatic hydroxyl groups is 1. The van der Waals surface area contributed by atoms with Crippen LogP contribution in [0.5, 0.6) is 0 Å². The summed E-state index contributed by atoms with van der Waals surface area (Å²) in [6.07, 6.45) is 20.7. The largest absolute Gasteiger partial charge is 0.393 e. The molecule has 31 heavy (non-hydrogen) atoms. The molecule has 0 aromatic rings. The molecule has 3 fully saturated rings. The van der Waals surface area contributed by atoms with Gasteiger partial charge in [0, 0.05) is 0 Å². The molecule has 0 heterocycles. The van der Waals surface area contributed by atoms with Crippen molar-refractivity contribution in [3.63, 3.8) is 0 Å². The quantitative estimate of drug-likeness (QED) is 0.385. The summed E-state index contributed by atoms with van der Waals surface area (Å²) in [4.78, 5) is 0. The Kier molecular flexibility index (Phi) is 10.3. The highest BCUT2D eigenvalue weighted by Gasteiger charge is 2.33. The summed E-state index contributed by atoms with van der Waals surface area (Å²) in [7, 11) is 0. The van der Waals surface area contributed by atoms with Gasteiger partial charge in [0.1, 0.15) is 0 Å². The van der Waals surface area contributed by atoms with Crippen LogP contribution in [0.15, 0.2) is 0 Å². The van der Waals surface area contributed by atoms with E-state index in [1.54, 1.807) is 0 Å². The van der Waals surface area contributed by atoms with Crippen molar-refractivity contribution in [3.8, 4) is 0 Å². The Hall–Kier alpha value is -0.0400. The Labute approximate surface area is 195 Å². The lowest BCUT2D eigenvalue weighted by Crippen LogP contribution is -2.31. The van der Waals surface area contributed by atoms with Crippen LogP contribution in [0.2, 0.25) is 0 Å². The topological polar surface area (TPSA) is 20.2 Å². The second-order valence-corrected chi connectivity index (χ2v) is 12.9. The molecule has 3 aliphatic carbocycles. The maximum Gasteiger partial charge on any atom is 0.0571 e. The van der Waals surface area contributed by atoms with Crippen molar-refractivity contribution >= 4 is 0 Å². The smallest absolute Gasteiger partial charge is 0.0571 e. The summed E-state index contributed by atoms with van der Waals surface area (Å²) in [5, 5.41) is 11.1. The Morgan fingerprint density at radius 1 is 0.613 bits per heavy atom. The van der Waals surface area contributed by atoms with Crippen molar-refractivity contribution in [3.05, 3.63) is 0 Å². The summed E-state index contributed by atoms with van der Waals surface area (Å²) >= 11 is 0. The fraction of sp³-hybridized carbons (Fsp3) is 1.00. The second-order valence-electron chi connectivity index (χ2n) is 12.9. The van der Waals surface area contributed by atoms with E-state index in [9.17, 15) is 5.11 Å². The summed E-state index contributed by atoms with van der Waals surface area (Å²) in [5.41, 5.74) is 0. The highest BCUT2D eigenvalue weighted by molar-refractivity contribution is 4.85. The lowest BCUT2D eigenvalue weighted by Gasteiger charge is -2.39. The molecule has 5 unspecified atom stereocenters. The third-order valence-electron chi connectivity index (χ3n) is 10.5. The van der Waals surface area contributed by atoms with E-state index in [-0.39, 0.29) is 6.10 Å². The van der Waals surface area contributed by atoms with Crippen LogP contribution in [0.25, 0.3) is 0 Å². The number of hydrogen-bond acceptors (Lipinski definition) is 1. The van der Waals surface area contributed by atoms with Crippen LogP contribution in [0.1, 0.15) is 131 Å². The molecule has 182 valence electrons. The van der Waals surface area contributed by atoms with Crippen LogP contribution in [0.4, 0.5) is 0 Å². The molecule has 1 nitrogen and oxygen atoms in total. The SMILES string of the molecule is CC[C@@H](C)C1CCCC(C[C@H](O)C2CCC(C(C)CC3CCCC(C(C)C)C3)CC2)C1. The monoisotopic (exact) mass is 432 g/mol. The van der Waals surface area contributed by atoms with Crippen LogP contribution in [0, 0.1) is 53.3 Å². The predicted molar refractivity (Wildman–Crippen MR) is 135 cm³/mol. The molecule has 1 N–H and O–H groups in total. The molecule has 7 atom stereocenters. The first-order valence-electron chi connectivity index (χ1n) is 14.5. The van der Waals surface area contributed by atoms with Crippen LogP contribution in [-0.2, 0) is 0 Å². The third kappa shape index (κ3) is 7.48. The van der Waals surface area contributed by atoms with E-state index in [1.807, 2.05) is 0 Å². The maximum atomic E-state index is 11.1. The predicted octanol–water partition coefficient (Wildman–Crippen LogP) is 8.88. The van der Waals surface area contributed by atoms with Crippen molar-refractivity contribution in [2.75, 3.05) is 0 Å². The van der Waals surface area contributed by atoms with E-state index >= 15 is 0 Å². The van der Waals surface area contributed by atoms with Crippen molar-refractivity contribution in [1.82, 2.24) is 0 Å². The molecule has 0 spiro atoms. The average Bonchev–Trinajstić information content (AvgIpc) is 2.79. The van der Waals surface area contributed by atoms with Gasteiger partial charge in [-0.2, -0.15) is 0 Å². The molecule has 0 aromatic heterocycles. The highest BCUT2D eigenvalue weighted by atomic mass is 16.3. The van der Waals surface area contributed by atoms with Crippen LogP contribution in [-0.4, -0.2) is 11.2 Å². The highest BCUT2D eigenvalue weighted by Crippen LogP contribution is 2.43. The van der Waals surface area contributed by atoms with Gasteiger partial charge in [-0.25, -0.2) is 0 Å². The van der Waals surface area contributed by atoms with E-state index in [1.165, 1.54) is 89.9 Å². The molecule has 3 rings (SSSR count). The molecule has 0 saturated heterocycles. The van der Waals surface area contributed by atoms with Crippen LogP contribution in [0.3, 0.4) is 0 Å². The summed E-state index contributed by atoms with van der Waals surface area (Å²) in [6, 6.07) is 0. The Bertz CT molecular complexity index is 491. The van der Waals surface area contributed by atoms with E-state index in [4.69, 9.17) is 0 Å². The molecule has 0 amide bonds. The summed E-state index contributed by atoms with van der Waals surface area (Å²) in [5.74, 6) is 7.84. The Morgan fingerprint density at radius 3 is 1.77 bits per heavy atom. The molecular formula is C30H56O. The van der Waals surface area contributed by atoms with Gasteiger partial charge in [-0.1, -0.05) is 79.6 Å². The zero-order valence-electron chi connectivity index (χ0n) is 21.8. The fourth-order valence-electron chi connectivity index (χ4n) is 7.90. The molecular weight excluding hydrogens is 376 g/mol. The van der Waals surface area contributed by atoms with Crippen molar-refractivity contribution in [2.45, 2.75) is 137 Å². The first kappa shape index (κ1) is 25.6. The zero-order valence-corrected chi connectivity index (χ0v) is 21.8. The molecule has 0 radical (unpaired) electrons. The van der Waals surface area contributed by atoms with Gasteiger partial charge in [0.2, 0.25) is 0 Å². The Balaban J connectivity index is 1.38. The van der Waals surface area contributed by atoms with E-state index in [2.05, 4.69) is 34.6 Å². The van der Waals surface area contributed by atoms with Gasteiger partial charge in [0.05, 0.1) is 6.10 Å². The maximum absolute atomic E-state index is 11.1.